The first-order valence-corrected chi connectivity index (χ1v) is 5.36. The number of hydrogen-bond donors (Lipinski definition) is 1. The van der Waals surface area contributed by atoms with Crippen LogP contribution < -0.4 is 5.32 Å². The summed E-state index contributed by atoms with van der Waals surface area (Å²) in [5, 5.41) is 12.3. The maximum Gasteiger partial charge on any atom is 0.127 e. The molecule has 0 aromatic rings. The van der Waals surface area contributed by atoms with E-state index in [-0.39, 0.29) is 0 Å². The second-order valence-electron chi connectivity index (χ2n) is 4.61. The minimum absolute atomic E-state index is 0.310. The van der Waals surface area contributed by atoms with Crippen molar-refractivity contribution in [3.63, 3.8) is 0 Å². The second kappa shape index (κ2) is 4.77. The Morgan fingerprint density at radius 2 is 2.21 bits per heavy atom. The van der Waals surface area contributed by atoms with Gasteiger partial charge in [-0.1, -0.05) is 0 Å². The SMILES string of the molecule is CC(C)NC(C)(C#N)COC1CCC1. The lowest BCUT2D eigenvalue weighted by molar-refractivity contribution is -0.0179. The Hall–Kier alpha value is -0.590. The Morgan fingerprint density at radius 1 is 1.57 bits per heavy atom. The molecule has 0 saturated heterocycles. The lowest BCUT2D eigenvalue weighted by Gasteiger charge is -2.31. The Labute approximate surface area is 86.4 Å². The van der Waals surface area contributed by atoms with Crippen LogP contribution in [0.2, 0.25) is 0 Å². The molecule has 1 N–H and O–H groups in total. The first kappa shape index (κ1) is 11.5. The molecule has 0 spiro atoms. The summed E-state index contributed by atoms with van der Waals surface area (Å²) in [6.07, 6.45) is 3.98. The molecule has 80 valence electrons. The van der Waals surface area contributed by atoms with Gasteiger partial charge in [-0.15, -0.1) is 0 Å². The van der Waals surface area contributed by atoms with Crippen LogP contribution >= 0.6 is 0 Å². The van der Waals surface area contributed by atoms with Crippen LogP contribution in [-0.2, 0) is 4.74 Å². The van der Waals surface area contributed by atoms with Crippen LogP contribution in [0.4, 0.5) is 0 Å². The maximum absolute atomic E-state index is 9.05. The van der Waals surface area contributed by atoms with E-state index in [1.165, 1.54) is 6.42 Å². The number of ether oxygens (including phenoxy) is 1. The average molecular weight is 196 g/mol. The standard InChI is InChI=1S/C11H20N2O/c1-9(2)13-11(3,7-12)8-14-10-5-4-6-10/h9-10,13H,4-6,8H2,1-3H3. The van der Waals surface area contributed by atoms with Crippen LogP contribution in [0.3, 0.4) is 0 Å². The van der Waals surface area contributed by atoms with Gasteiger partial charge in [-0.2, -0.15) is 5.26 Å². The molecule has 1 saturated carbocycles. The van der Waals surface area contributed by atoms with E-state index in [9.17, 15) is 0 Å². The van der Waals surface area contributed by atoms with E-state index in [4.69, 9.17) is 10.00 Å². The lowest BCUT2D eigenvalue weighted by atomic mass is 9.95. The van der Waals surface area contributed by atoms with Gasteiger partial charge in [-0.05, 0) is 40.0 Å². The van der Waals surface area contributed by atoms with Crippen molar-refractivity contribution < 1.29 is 4.74 Å². The van der Waals surface area contributed by atoms with E-state index < -0.39 is 5.54 Å². The summed E-state index contributed by atoms with van der Waals surface area (Å²) in [6, 6.07) is 2.59. The zero-order valence-electron chi connectivity index (χ0n) is 9.34. The van der Waals surface area contributed by atoms with Gasteiger partial charge in [-0.25, -0.2) is 0 Å². The molecule has 1 fully saturated rings. The van der Waals surface area contributed by atoms with Gasteiger partial charge in [0.05, 0.1) is 18.8 Å². The van der Waals surface area contributed by atoms with Gasteiger partial charge in [0.25, 0.3) is 0 Å². The van der Waals surface area contributed by atoms with Crippen molar-refractivity contribution in [1.29, 1.82) is 5.26 Å². The Morgan fingerprint density at radius 3 is 2.57 bits per heavy atom. The number of nitrogens with zero attached hydrogens (tertiary/aromatic N) is 1. The molecule has 1 aliphatic rings. The number of nitrogens with one attached hydrogen (secondary N) is 1. The molecule has 1 atom stereocenters. The Balaban J connectivity index is 2.32. The van der Waals surface area contributed by atoms with Gasteiger partial charge in [0.1, 0.15) is 5.54 Å². The molecular weight excluding hydrogens is 176 g/mol. The average Bonchev–Trinajstić information content (AvgIpc) is 2.00. The van der Waals surface area contributed by atoms with Gasteiger partial charge in [0.2, 0.25) is 0 Å². The molecule has 3 nitrogen and oxygen atoms in total. The molecule has 0 bridgehead atoms. The monoisotopic (exact) mass is 196 g/mol. The highest BCUT2D eigenvalue weighted by atomic mass is 16.5. The fourth-order valence-corrected chi connectivity index (χ4v) is 1.57. The highest BCUT2D eigenvalue weighted by Crippen LogP contribution is 2.23. The summed E-state index contributed by atoms with van der Waals surface area (Å²) in [6.45, 7) is 6.47. The smallest absolute Gasteiger partial charge is 0.127 e. The lowest BCUT2D eigenvalue weighted by Crippen LogP contribution is -2.49. The fourth-order valence-electron chi connectivity index (χ4n) is 1.57. The summed E-state index contributed by atoms with van der Waals surface area (Å²) >= 11 is 0. The predicted octanol–water partition coefficient (Wildman–Crippen LogP) is 1.84. The largest absolute Gasteiger partial charge is 0.375 e. The van der Waals surface area contributed by atoms with Crippen LogP contribution in [0.25, 0.3) is 0 Å². The molecule has 1 unspecified atom stereocenters. The summed E-state index contributed by atoms with van der Waals surface area (Å²) in [4.78, 5) is 0. The van der Waals surface area contributed by atoms with Crippen molar-refractivity contribution in [1.82, 2.24) is 5.32 Å². The molecule has 0 aromatic heterocycles. The molecule has 0 heterocycles. The molecule has 1 rings (SSSR count). The molecular formula is C11H20N2O. The van der Waals surface area contributed by atoms with Gasteiger partial charge >= 0.3 is 0 Å². The zero-order chi connectivity index (χ0) is 10.6. The number of rotatable bonds is 5. The number of nitriles is 1. The quantitative estimate of drug-likeness (QED) is 0.729. The number of hydrogen-bond acceptors (Lipinski definition) is 3. The molecule has 0 amide bonds. The van der Waals surface area contributed by atoms with Crippen molar-refractivity contribution in [2.24, 2.45) is 0 Å². The van der Waals surface area contributed by atoms with E-state index in [0.717, 1.165) is 12.8 Å². The minimum atomic E-state index is -0.538. The minimum Gasteiger partial charge on any atom is -0.375 e. The van der Waals surface area contributed by atoms with Gasteiger partial charge in [-0.3, -0.25) is 5.32 Å². The van der Waals surface area contributed by atoms with Crippen LogP contribution in [0.5, 0.6) is 0 Å². The molecule has 0 radical (unpaired) electrons. The third-order valence-corrected chi connectivity index (χ3v) is 2.51. The Kier molecular flexibility index (Phi) is 3.91. The topological polar surface area (TPSA) is 45.0 Å². The van der Waals surface area contributed by atoms with Crippen LogP contribution in [0.1, 0.15) is 40.0 Å². The fraction of sp³-hybridized carbons (Fsp3) is 0.909. The second-order valence-corrected chi connectivity index (χ2v) is 4.61. The molecule has 1 aliphatic carbocycles. The summed E-state index contributed by atoms with van der Waals surface area (Å²) in [5.74, 6) is 0. The molecule has 3 heteroatoms. The third-order valence-electron chi connectivity index (χ3n) is 2.51. The van der Waals surface area contributed by atoms with E-state index in [0.29, 0.717) is 18.8 Å². The third kappa shape index (κ3) is 3.28. The van der Waals surface area contributed by atoms with E-state index in [2.05, 4.69) is 11.4 Å². The van der Waals surface area contributed by atoms with E-state index in [1.54, 1.807) is 0 Å². The molecule has 0 aliphatic heterocycles. The van der Waals surface area contributed by atoms with Crippen LogP contribution in [0.15, 0.2) is 0 Å². The zero-order valence-corrected chi connectivity index (χ0v) is 9.34. The summed E-state index contributed by atoms with van der Waals surface area (Å²) < 4.78 is 5.65. The van der Waals surface area contributed by atoms with Crippen LogP contribution in [-0.4, -0.2) is 24.3 Å². The van der Waals surface area contributed by atoms with E-state index in [1.807, 2.05) is 20.8 Å². The first-order chi connectivity index (χ1) is 6.56. The van der Waals surface area contributed by atoms with Crippen LogP contribution in [0, 0.1) is 11.3 Å². The van der Waals surface area contributed by atoms with Crippen molar-refractivity contribution >= 4 is 0 Å². The normalized spacial score (nSPS) is 21.4. The first-order valence-electron chi connectivity index (χ1n) is 5.36. The Bertz CT molecular complexity index is 218. The van der Waals surface area contributed by atoms with Gasteiger partial charge in [0.15, 0.2) is 0 Å². The molecule has 14 heavy (non-hydrogen) atoms. The van der Waals surface area contributed by atoms with Crippen molar-refractivity contribution in [2.45, 2.75) is 57.7 Å². The highest BCUT2D eigenvalue weighted by molar-refractivity contribution is 5.04. The molecule has 0 aromatic carbocycles. The van der Waals surface area contributed by atoms with Crippen molar-refractivity contribution in [2.75, 3.05) is 6.61 Å². The van der Waals surface area contributed by atoms with Crippen molar-refractivity contribution in [3.05, 3.63) is 0 Å². The highest BCUT2D eigenvalue weighted by Gasteiger charge is 2.28. The maximum atomic E-state index is 9.05. The summed E-state index contributed by atoms with van der Waals surface area (Å²) in [7, 11) is 0. The van der Waals surface area contributed by atoms with Gasteiger partial charge < -0.3 is 4.74 Å². The van der Waals surface area contributed by atoms with Gasteiger partial charge in [0, 0.05) is 6.04 Å². The summed E-state index contributed by atoms with van der Waals surface area (Å²) in [5.41, 5.74) is -0.538. The van der Waals surface area contributed by atoms with Crippen molar-refractivity contribution in [3.8, 4) is 6.07 Å². The van der Waals surface area contributed by atoms with E-state index >= 15 is 0 Å². The predicted molar refractivity (Wildman–Crippen MR) is 55.9 cm³/mol.